The largest absolute Gasteiger partial charge is 0.244 e. The summed E-state index contributed by atoms with van der Waals surface area (Å²) in [5.74, 6) is 0. The SMILES string of the molecule is CCCC(C)(C)c1ncncc1C(C)(C)C. The molecule has 0 saturated carbocycles. The molecule has 0 aliphatic carbocycles. The van der Waals surface area contributed by atoms with Gasteiger partial charge in [0.15, 0.2) is 0 Å². The highest BCUT2D eigenvalue weighted by Gasteiger charge is 2.29. The summed E-state index contributed by atoms with van der Waals surface area (Å²) in [4.78, 5) is 8.70. The van der Waals surface area contributed by atoms with E-state index in [1.165, 1.54) is 17.7 Å². The highest BCUT2D eigenvalue weighted by molar-refractivity contribution is 5.29. The number of rotatable bonds is 3. The molecule has 1 heterocycles. The highest BCUT2D eigenvalue weighted by Crippen LogP contribution is 2.34. The van der Waals surface area contributed by atoms with Gasteiger partial charge in [-0.2, -0.15) is 0 Å². The molecular weight excluding hydrogens is 196 g/mol. The van der Waals surface area contributed by atoms with Crippen molar-refractivity contribution in [3.8, 4) is 0 Å². The first-order valence-electron chi connectivity index (χ1n) is 6.10. The third-order valence-electron chi connectivity index (χ3n) is 3.04. The first-order chi connectivity index (χ1) is 7.29. The highest BCUT2D eigenvalue weighted by atomic mass is 14.8. The van der Waals surface area contributed by atoms with Crippen LogP contribution in [0.5, 0.6) is 0 Å². The third kappa shape index (κ3) is 2.81. The molecular formula is C14H24N2. The van der Waals surface area contributed by atoms with Crippen molar-refractivity contribution in [3.63, 3.8) is 0 Å². The predicted octanol–water partition coefficient (Wildman–Crippen LogP) is 3.85. The molecule has 0 amide bonds. The van der Waals surface area contributed by atoms with Crippen LogP contribution < -0.4 is 0 Å². The number of aromatic nitrogens is 2. The summed E-state index contributed by atoms with van der Waals surface area (Å²) in [6.45, 7) is 13.4. The van der Waals surface area contributed by atoms with Crippen molar-refractivity contribution >= 4 is 0 Å². The Bertz CT molecular complexity index is 348. The minimum Gasteiger partial charge on any atom is -0.244 e. The van der Waals surface area contributed by atoms with Gasteiger partial charge in [0.05, 0.1) is 5.69 Å². The lowest BCUT2D eigenvalue weighted by Crippen LogP contribution is -2.26. The maximum absolute atomic E-state index is 4.52. The van der Waals surface area contributed by atoms with E-state index in [2.05, 4.69) is 51.5 Å². The molecule has 0 aliphatic heterocycles. The molecule has 1 rings (SSSR count). The zero-order chi connectivity index (χ0) is 12.4. The second kappa shape index (κ2) is 4.52. The molecule has 0 saturated heterocycles. The van der Waals surface area contributed by atoms with Crippen molar-refractivity contribution in [1.29, 1.82) is 0 Å². The number of nitrogens with zero attached hydrogens (tertiary/aromatic N) is 2. The van der Waals surface area contributed by atoms with E-state index in [0.717, 1.165) is 6.42 Å². The van der Waals surface area contributed by atoms with E-state index in [1.54, 1.807) is 6.33 Å². The molecule has 0 N–H and O–H groups in total. The van der Waals surface area contributed by atoms with Crippen LogP contribution in [0.4, 0.5) is 0 Å². The smallest absolute Gasteiger partial charge is 0.115 e. The van der Waals surface area contributed by atoms with Gasteiger partial charge < -0.3 is 0 Å². The van der Waals surface area contributed by atoms with Crippen LogP contribution in [-0.2, 0) is 10.8 Å². The van der Waals surface area contributed by atoms with Gasteiger partial charge in [-0.05, 0) is 17.4 Å². The molecule has 0 radical (unpaired) electrons. The Morgan fingerprint density at radius 3 is 2.25 bits per heavy atom. The Hall–Kier alpha value is -0.920. The fourth-order valence-corrected chi connectivity index (χ4v) is 2.16. The van der Waals surface area contributed by atoms with Crippen molar-refractivity contribution < 1.29 is 0 Å². The molecule has 2 heteroatoms. The van der Waals surface area contributed by atoms with E-state index in [-0.39, 0.29) is 10.8 Å². The van der Waals surface area contributed by atoms with Gasteiger partial charge in [0.2, 0.25) is 0 Å². The standard InChI is InChI=1S/C14H24N2/c1-7-8-14(5,6)12-11(13(2,3)4)9-15-10-16-12/h9-10H,7-8H2,1-6H3. The molecule has 0 aromatic carbocycles. The average Bonchev–Trinajstić information content (AvgIpc) is 2.16. The van der Waals surface area contributed by atoms with E-state index < -0.39 is 0 Å². The number of hydrogen-bond donors (Lipinski definition) is 0. The summed E-state index contributed by atoms with van der Waals surface area (Å²) >= 11 is 0. The van der Waals surface area contributed by atoms with Gasteiger partial charge >= 0.3 is 0 Å². The second-order valence-electron chi connectivity index (χ2n) is 6.17. The predicted molar refractivity (Wildman–Crippen MR) is 68.7 cm³/mol. The van der Waals surface area contributed by atoms with Crippen LogP contribution in [0.15, 0.2) is 12.5 Å². The third-order valence-corrected chi connectivity index (χ3v) is 3.04. The molecule has 0 spiro atoms. The zero-order valence-electron chi connectivity index (χ0n) is 11.5. The Labute approximate surface area is 99.5 Å². The molecule has 1 aromatic heterocycles. The first kappa shape index (κ1) is 13.1. The lowest BCUT2D eigenvalue weighted by molar-refractivity contribution is 0.438. The molecule has 0 unspecified atom stereocenters. The quantitative estimate of drug-likeness (QED) is 0.773. The lowest BCUT2D eigenvalue weighted by Gasteiger charge is -2.30. The molecule has 1 aromatic rings. The van der Waals surface area contributed by atoms with Crippen LogP contribution >= 0.6 is 0 Å². The first-order valence-corrected chi connectivity index (χ1v) is 6.10. The molecule has 0 fully saturated rings. The topological polar surface area (TPSA) is 25.8 Å². The average molecular weight is 220 g/mol. The van der Waals surface area contributed by atoms with Gasteiger partial charge in [0.1, 0.15) is 6.33 Å². The minimum atomic E-state index is 0.113. The van der Waals surface area contributed by atoms with Crippen molar-refractivity contribution in [1.82, 2.24) is 9.97 Å². The van der Waals surface area contributed by atoms with E-state index in [4.69, 9.17) is 0 Å². The van der Waals surface area contributed by atoms with Gasteiger partial charge in [-0.25, -0.2) is 9.97 Å². The summed E-state index contributed by atoms with van der Waals surface area (Å²) < 4.78 is 0. The summed E-state index contributed by atoms with van der Waals surface area (Å²) in [7, 11) is 0. The summed E-state index contributed by atoms with van der Waals surface area (Å²) in [6, 6.07) is 0. The molecule has 16 heavy (non-hydrogen) atoms. The van der Waals surface area contributed by atoms with Gasteiger partial charge in [-0.1, -0.05) is 48.0 Å². The maximum Gasteiger partial charge on any atom is 0.115 e. The maximum atomic E-state index is 4.52. The van der Waals surface area contributed by atoms with E-state index in [1.807, 2.05) is 6.20 Å². The van der Waals surface area contributed by atoms with Crippen molar-refractivity contribution in [2.24, 2.45) is 0 Å². The zero-order valence-corrected chi connectivity index (χ0v) is 11.5. The Morgan fingerprint density at radius 1 is 1.12 bits per heavy atom. The Balaban J connectivity index is 3.23. The summed E-state index contributed by atoms with van der Waals surface area (Å²) in [5, 5.41) is 0. The van der Waals surface area contributed by atoms with Gasteiger partial charge in [-0.15, -0.1) is 0 Å². The van der Waals surface area contributed by atoms with Crippen molar-refractivity contribution in [2.75, 3.05) is 0 Å². The van der Waals surface area contributed by atoms with Crippen molar-refractivity contribution in [3.05, 3.63) is 23.8 Å². The van der Waals surface area contributed by atoms with E-state index in [9.17, 15) is 0 Å². The summed E-state index contributed by atoms with van der Waals surface area (Å²) in [6.07, 6.45) is 5.98. The van der Waals surface area contributed by atoms with Crippen molar-refractivity contribution in [2.45, 2.75) is 65.2 Å². The second-order valence-corrected chi connectivity index (χ2v) is 6.17. The van der Waals surface area contributed by atoms with Crippen LogP contribution in [0.3, 0.4) is 0 Å². The fourth-order valence-electron chi connectivity index (χ4n) is 2.16. The molecule has 0 bridgehead atoms. The Morgan fingerprint density at radius 2 is 1.75 bits per heavy atom. The van der Waals surface area contributed by atoms with E-state index in [0.29, 0.717) is 0 Å². The number of hydrogen-bond acceptors (Lipinski definition) is 2. The lowest BCUT2D eigenvalue weighted by atomic mass is 9.76. The molecule has 0 atom stereocenters. The molecule has 0 aliphatic rings. The van der Waals surface area contributed by atoms with E-state index >= 15 is 0 Å². The van der Waals surface area contributed by atoms with Gasteiger partial charge in [-0.3, -0.25) is 0 Å². The summed E-state index contributed by atoms with van der Waals surface area (Å²) in [5.41, 5.74) is 2.73. The van der Waals surface area contributed by atoms with Crippen LogP contribution in [-0.4, -0.2) is 9.97 Å². The normalized spacial score (nSPS) is 12.9. The van der Waals surface area contributed by atoms with Crippen LogP contribution in [0, 0.1) is 0 Å². The monoisotopic (exact) mass is 220 g/mol. The van der Waals surface area contributed by atoms with Crippen LogP contribution in [0.25, 0.3) is 0 Å². The fraction of sp³-hybridized carbons (Fsp3) is 0.714. The van der Waals surface area contributed by atoms with Crippen LogP contribution in [0.2, 0.25) is 0 Å². The molecule has 90 valence electrons. The van der Waals surface area contributed by atoms with Gasteiger partial charge in [0, 0.05) is 11.6 Å². The van der Waals surface area contributed by atoms with Gasteiger partial charge in [0.25, 0.3) is 0 Å². The molecule has 2 nitrogen and oxygen atoms in total. The van der Waals surface area contributed by atoms with Crippen LogP contribution in [0.1, 0.15) is 65.6 Å². The minimum absolute atomic E-state index is 0.113. The Kier molecular flexibility index (Phi) is 3.72.